The van der Waals surface area contributed by atoms with E-state index in [9.17, 15) is 9.90 Å². The van der Waals surface area contributed by atoms with Gasteiger partial charge in [-0.05, 0) is 48.1 Å². The van der Waals surface area contributed by atoms with Gasteiger partial charge in [0.1, 0.15) is 23.7 Å². The van der Waals surface area contributed by atoms with Crippen LogP contribution in [0.2, 0.25) is 0 Å². The molecule has 1 amide bonds. The Labute approximate surface area is 227 Å². The lowest BCUT2D eigenvalue weighted by Crippen LogP contribution is -2.29. The monoisotopic (exact) mass is 524 g/mol. The van der Waals surface area contributed by atoms with Crippen LogP contribution >= 0.6 is 0 Å². The summed E-state index contributed by atoms with van der Waals surface area (Å²) >= 11 is 0. The first-order chi connectivity index (χ1) is 18.9. The number of aliphatic hydroxyl groups excluding tert-OH is 1. The minimum atomic E-state index is -0.256. The fourth-order valence-corrected chi connectivity index (χ4v) is 5.03. The summed E-state index contributed by atoms with van der Waals surface area (Å²) in [5.41, 5.74) is 8.89. The van der Waals surface area contributed by atoms with Crippen LogP contribution in [0.4, 0.5) is 11.6 Å². The summed E-state index contributed by atoms with van der Waals surface area (Å²) in [6.07, 6.45) is 4.25. The Morgan fingerprint density at radius 2 is 1.77 bits per heavy atom. The SMILES string of the molecule is COc1ccc2ccccc2c1C(=O)NCc1ccc(C(=N)c2c(N)ncnc2NC2CCC(O)CC2)cc1. The van der Waals surface area contributed by atoms with Crippen LogP contribution < -0.4 is 21.1 Å². The van der Waals surface area contributed by atoms with Gasteiger partial charge in [0.15, 0.2) is 0 Å². The first-order valence-corrected chi connectivity index (χ1v) is 13.0. The zero-order valence-corrected chi connectivity index (χ0v) is 21.8. The molecule has 1 aliphatic rings. The Kier molecular flexibility index (Phi) is 7.69. The Bertz CT molecular complexity index is 1500. The molecule has 1 aliphatic carbocycles. The minimum absolute atomic E-state index is 0.153. The zero-order chi connectivity index (χ0) is 27.4. The second kappa shape index (κ2) is 11.5. The Balaban J connectivity index is 1.29. The van der Waals surface area contributed by atoms with Gasteiger partial charge in [-0.25, -0.2) is 9.97 Å². The third-order valence-corrected chi connectivity index (χ3v) is 7.20. The lowest BCUT2D eigenvalue weighted by molar-refractivity contribution is 0.0949. The molecular formula is C30H32N6O3. The van der Waals surface area contributed by atoms with E-state index in [4.69, 9.17) is 15.9 Å². The van der Waals surface area contributed by atoms with Crippen LogP contribution in [0.5, 0.6) is 5.75 Å². The average Bonchev–Trinajstić information content (AvgIpc) is 2.96. The van der Waals surface area contributed by atoms with Crippen LogP contribution in [0.25, 0.3) is 10.8 Å². The van der Waals surface area contributed by atoms with Gasteiger partial charge in [-0.15, -0.1) is 0 Å². The van der Waals surface area contributed by atoms with E-state index in [2.05, 4.69) is 20.6 Å². The first kappa shape index (κ1) is 26.1. The lowest BCUT2D eigenvalue weighted by Gasteiger charge is -2.27. The van der Waals surface area contributed by atoms with Crippen molar-refractivity contribution >= 4 is 34.0 Å². The maximum Gasteiger partial charge on any atom is 0.255 e. The molecule has 1 fully saturated rings. The number of nitrogens with two attached hydrogens (primary N) is 1. The van der Waals surface area contributed by atoms with Gasteiger partial charge in [0.2, 0.25) is 0 Å². The van der Waals surface area contributed by atoms with Gasteiger partial charge < -0.3 is 26.2 Å². The van der Waals surface area contributed by atoms with Crippen molar-refractivity contribution in [1.82, 2.24) is 15.3 Å². The van der Waals surface area contributed by atoms with E-state index >= 15 is 0 Å². The number of methoxy groups -OCH3 is 1. The Morgan fingerprint density at radius 3 is 2.51 bits per heavy atom. The van der Waals surface area contributed by atoms with Crippen molar-refractivity contribution in [3.63, 3.8) is 0 Å². The average molecular weight is 525 g/mol. The molecule has 0 atom stereocenters. The van der Waals surface area contributed by atoms with E-state index in [1.165, 1.54) is 6.33 Å². The molecule has 0 unspecified atom stereocenters. The smallest absolute Gasteiger partial charge is 0.255 e. The maximum absolute atomic E-state index is 13.2. The van der Waals surface area contributed by atoms with Gasteiger partial charge in [-0.3, -0.25) is 10.2 Å². The molecule has 6 N–H and O–H groups in total. The number of rotatable bonds is 8. The zero-order valence-electron chi connectivity index (χ0n) is 21.8. The van der Waals surface area contributed by atoms with E-state index in [-0.39, 0.29) is 29.6 Å². The molecule has 1 aromatic heterocycles. The summed E-state index contributed by atoms with van der Waals surface area (Å²) in [5, 5.41) is 26.8. The number of carbonyl (C=O) groups is 1. The number of nitrogen functional groups attached to an aromatic ring is 1. The highest BCUT2D eigenvalue weighted by Gasteiger charge is 2.23. The normalized spacial score (nSPS) is 17.0. The molecule has 3 aromatic carbocycles. The largest absolute Gasteiger partial charge is 0.496 e. The molecule has 5 rings (SSSR count). The van der Waals surface area contributed by atoms with E-state index in [1.807, 2.05) is 54.6 Å². The van der Waals surface area contributed by atoms with Crippen LogP contribution in [-0.2, 0) is 6.54 Å². The summed E-state index contributed by atoms with van der Waals surface area (Å²) in [6.45, 7) is 0.315. The molecule has 9 nitrogen and oxygen atoms in total. The first-order valence-electron chi connectivity index (χ1n) is 13.0. The van der Waals surface area contributed by atoms with Gasteiger partial charge in [0.05, 0.1) is 30.1 Å². The van der Waals surface area contributed by atoms with Crippen molar-refractivity contribution < 1.29 is 14.6 Å². The number of anilines is 2. The molecule has 0 bridgehead atoms. The van der Waals surface area contributed by atoms with Crippen LogP contribution in [0.15, 0.2) is 67.0 Å². The third-order valence-electron chi connectivity index (χ3n) is 7.20. The number of amides is 1. The Hall–Kier alpha value is -4.50. The van der Waals surface area contributed by atoms with E-state index in [1.54, 1.807) is 13.2 Å². The number of aliphatic hydroxyl groups is 1. The molecule has 200 valence electrons. The molecule has 0 saturated heterocycles. The standard InChI is InChI=1S/C30H32N6O3/c1-39-24-15-10-19-4-2-3-5-23(19)25(24)30(38)33-16-18-6-8-20(9-7-18)27(31)26-28(32)34-17-35-29(26)36-21-11-13-22(37)14-12-21/h2-10,15,17,21-22,31,37H,11-14,16H2,1H3,(H,33,38)(H3,32,34,35,36). The summed E-state index contributed by atoms with van der Waals surface area (Å²) in [4.78, 5) is 21.6. The van der Waals surface area contributed by atoms with Crippen LogP contribution in [-0.4, -0.2) is 45.9 Å². The highest BCUT2D eigenvalue weighted by molar-refractivity contribution is 6.16. The molecule has 0 radical (unpaired) electrons. The fraction of sp³-hybridized carbons (Fsp3) is 0.267. The number of fused-ring (bicyclic) bond motifs is 1. The third kappa shape index (κ3) is 5.68. The van der Waals surface area contributed by atoms with E-state index in [0.717, 1.165) is 42.0 Å². The molecule has 1 heterocycles. The minimum Gasteiger partial charge on any atom is -0.496 e. The second-order valence-electron chi connectivity index (χ2n) is 9.75. The highest BCUT2D eigenvalue weighted by atomic mass is 16.5. The number of ether oxygens (including phenoxy) is 1. The van der Waals surface area contributed by atoms with Crippen molar-refractivity contribution in [2.75, 3.05) is 18.2 Å². The van der Waals surface area contributed by atoms with Crippen molar-refractivity contribution in [3.05, 3.63) is 89.2 Å². The second-order valence-corrected chi connectivity index (χ2v) is 9.75. The van der Waals surface area contributed by atoms with Crippen LogP contribution in [0, 0.1) is 5.41 Å². The predicted molar refractivity (Wildman–Crippen MR) is 152 cm³/mol. The van der Waals surface area contributed by atoms with Gasteiger partial charge >= 0.3 is 0 Å². The number of carbonyl (C=O) groups excluding carboxylic acids is 1. The van der Waals surface area contributed by atoms with Crippen molar-refractivity contribution in [3.8, 4) is 5.75 Å². The van der Waals surface area contributed by atoms with Crippen molar-refractivity contribution in [2.45, 2.75) is 44.4 Å². The topological polar surface area (TPSA) is 146 Å². The molecule has 0 spiro atoms. The highest BCUT2D eigenvalue weighted by Crippen LogP contribution is 2.29. The number of aromatic nitrogens is 2. The maximum atomic E-state index is 13.2. The van der Waals surface area contributed by atoms with Crippen molar-refractivity contribution in [2.24, 2.45) is 0 Å². The molecule has 1 saturated carbocycles. The summed E-state index contributed by atoms with van der Waals surface area (Å²) in [5.74, 6) is 1.05. The number of nitrogens with zero attached hydrogens (tertiary/aromatic N) is 2. The summed E-state index contributed by atoms with van der Waals surface area (Å²) in [6, 6.07) is 19.0. The number of nitrogens with one attached hydrogen (secondary N) is 3. The molecule has 9 heteroatoms. The number of benzene rings is 3. The van der Waals surface area contributed by atoms with Gasteiger partial charge in [0.25, 0.3) is 5.91 Å². The molecule has 39 heavy (non-hydrogen) atoms. The Morgan fingerprint density at radius 1 is 1.03 bits per heavy atom. The van der Waals surface area contributed by atoms with Crippen molar-refractivity contribution in [1.29, 1.82) is 5.41 Å². The molecular weight excluding hydrogens is 492 g/mol. The quantitative estimate of drug-likeness (QED) is 0.216. The predicted octanol–water partition coefficient (Wildman–Crippen LogP) is 4.28. The van der Waals surface area contributed by atoms with Gasteiger partial charge in [-0.1, -0.05) is 54.6 Å². The molecule has 4 aromatic rings. The fourth-order valence-electron chi connectivity index (χ4n) is 5.03. The van der Waals surface area contributed by atoms with Gasteiger partial charge in [-0.2, -0.15) is 0 Å². The summed E-state index contributed by atoms with van der Waals surface area (Å²) in [7, 11) is 1.56. The number of hydrogen-bond donors (Lipinski definition) is 5. The van der Waals surface area contributed by atoms with E-state index in [0.29, 0.717) is 34.8 Å². The van der Waals surface area contributed by atoms with Crippen LogP contribution in [0.3, 0.4) is 0 Å². The number of hydrogen-bond acceptors (Lipinski definition) is 8. The molecule has 0 aliphatic heterocycles. The van der Waals surface area contributed by atoms with Gasteiger partial charge in [0, 0.05) is 18.2 Å². The van der Waals surface area contributed by atoms with Crippen LogP contribution in [0.1, 0.15) is 52.7 Å². The van der Waals surface area contributed by atoms with E-state index < -0.39 is 0 Å². The summed E-state index contributed by atoms with van der Waals surface area (Å²) < 4.78 is 5.46. The lowest BCUT2D eigenvalue weighted by atomic mass is 9.93.